The van der Waals surface area contributed by atoms with Crippen molar-refractivity contribution >= 4 is 21.9 Å². The summed E-state index contributed by atoms with van der Waals surface area (Å²) < 4.78 is 6.73. The summed E-state index contributed by atoms with van der Waals surface area (Å²) in [5.74, 6) is 0.230. The quantitative estimate of drug-likeness (QED) is 0.267. The second-order valence-corrected chi connectivity index (χ2v) is 9.49. The number of phenolic OH excluding ortho intramolecular Hbond substituents is 1. The standard InChI is InChI=1S/C36H24O2/c37-34-29(25-15-7-2-8-16-25)23-31(27-19-11-4-12-20-27)36-33(34)32-22-28(24-13-5-1-6-14-24)21-30(35(32)38-36)26-17-9-3-10-18-26/h1-23,37H. The van der Waals surface area contributed by atoms with E-state index in [4.69, 9.17) is 4.42 Å². The summed E-state index contributed by atoms with van der Waals surface area (Å²) in [6, 6.07) is 47.3. The maximum absolute atomic E-state index is 11.8. The van der Waals surface area contributed by atoms with E-state index in [0.29, 0.717) is 5.58 Å². The Morgan fingerprint density at radius 2 is 0.842 bits per heavy atom. The van der Waals surface area contributed by atoms with Gasteiger partial charge < -0.3 is 9.52 Å². The maximum Gasteiger partial charge on any atom is 0.147 e. The van der Waals surface area contributed by atoms with Crippen LogP contribution in [0.4, 0.5) is 0 Å². The van der Waals surface area contributed by atoms with Crippen LogP contribution in [0, 0.1) is 0 Å². The second kappa shape index (κ2) is 9.10. The van der Waals surface area contributed by atoms with Gasteiger partial charge in [-0.1, -0.05) is 121 Å². The lowest BCUT2D eigenvalue weighted by molar-refractivity contribution is 0.483. The van der Waals surface area contributed by atoms with Crippen molar-refractivity contribution in [3.63, 3.8) is 0 Å². The molecule has 0 aliphatic carbocycles. The third-order valence-corrected chi connectivity index (χ3v) is 7.18. The molecule has 6 aromatic carbocycles. The molecule has 0 aliphatic rings. The lowest BCUT2D eigenvalue weighted by atomic mass is 9.92. The largest absolute Gasteiger partial charge is 0.507 e. The van der Waals surface area contributed by atoms with Gasteiger partial charge >= 0.3 is 0 Å². The Balaban J connectivity index is 1.65. The van der Waals surface area contributed by atoms with E-state index in [1.807, 2.05) is 91.0 Å². The fourth-order valence-corrected chi connectivity index (χ4v) is 5.34. The van der Waals surface area contributed by atoms with Gasteiger partial charge in [-0.25, -0.2) is 0 Å². The van der Waals surface area contributed by atoms with Crippen LogP contribution in [0.5, 0.6) is 5.75 Å². The molecule has 2 heteroatoms. The molecule has 0 fully saturated rings. The van der Waals surface area contributed by atoms with Crippen LogP contribution in [0.25, 0.3) is 66.4 Å². The van der Waals surface area contributed by atoms with Crippen LogP contribution in [-0.2, 0) is 0 Å². The minimum absolute atomic E-state index is 0.230. The van der Waals surface area contributed by atoms with Crippen LogP contribution in [0.2, 0.25) is 0 Å². The molecule has 1 aromatic heterocycles. The minimum Gasteiger partial charge on any atom is -0.507 e. The highest BCUT2D eigenvalue weighted by Crippen LogP contribution is 2.49. The Morgan fingerprint density at radius 3 is 1.37 bits per heavy atom. The topological polar surface area (TPSA) is 33.4 Å². The Morgan fingerprint density at radius 1 is 0.395 bits per heavy atom. The molecule has 7 rings (SSSR count). The molecular weight excluding hydrogens is 464 g/mol. The number of aromatic hydroxyl groups is 1. The van der Waals surface area contributed by atoms with E-state index in [1.165, 1.54) is 0 Å². The monoisotopic (exact) mass is 488 g/mol. The van der Waals surface area contributed by atoms with E-state index in [0.717, 1.165) is 60.9 Å². The van der Waals surface area contributed by atoms with Gasteiger partial charge in [0, 0.05) is 22.1 Å². The van der Waals surface area contributed by atoms with Gasteiger partial charge in [-0.05, 0) is 46.0 Å². The lowest BCUT2D eigenvalue weighted by Gasteiger charge is -2.11. The second-order valence-electron chi connectivity index (χ2n) is 9.49. The number of hydrogen-bond donors (Lipinski definition) is 1. The average molecular weight is 489 g/mol. The summed E-state index contributed by atoms with van der Waals surface area (Å²) in [7, 11) is 0. The first kappa shape index (κ1) is 22.1. The zero-order valence-corrected chi connectivity index (χ0v) is 20.6. The predicted octanol–water partition coefficient (Wildman–Crippen LogP) is 9.96. The smallest absolute Gasteiger partial charge is 0.147 e. The highest BCUT2D eigenvalue weighted by Gasteiger charge is 2.23. The number of furan rings is 1. The Hall–Kier alpha value is -5.08. The van der Waals surface area contributed by atoms with Crippen molar-refractivity contribution in [2.24, 2.45) is 0 Å². The maximum atomic E-state index is 11.8. The highest BCUT2D eigenvalue weighted by atomic mass is 16.3. The molecule has 0 saturated carbocycles. The van der Waals surface area contributed by atoms with Gasteiger partial charge in [0.2, 0.25) is 0 Å². The molecule has 2 nitrogen and oxygen atoms in total. The zero-order chi connectivity index (χ0) is 25.5. The highest BCUT2D eigenvalue weighted by molar-refractivity contribution is 6.18. The number of phenols is 1. The van der Waals surface area contributed by atoms with Gasteiger partial charge in [-0.3, -0.25) is 0 Å². The summed E-state index contributed by atoms with van der Waals surface area (Å²) in [5.41, 5.74) is 9.44. The molecule has 0 unspecified atom stereocenters. The van der Waals surface area contributed by atoms with Crippen LogP contribution in [-0.4, -0.2) is 5.11 Å². The van der Waals surface area contributed by atoms with Crippen molar-refractivity contribution in [2.75, 3.05) is 0 Å². The molecule has 0 amide bonds. The van der Waals surface area contributed by atoms with E-state index >= 15 is 0 Å². The third-order valence-electron chi connectivity index (χ3n) is 7.18. The van der Waals surface area contributed by atoms with Crippen molar-refractivity contribution in [3.05, 3.63) is 140 Å². The normalized spacial score (nSPS) is 11.3. The molecular formula is C36H24O2. The van der Waals surface area contributed by atoms with Crippen molar-refractivity contribution in [2.45, 2.75) is 0 Å². The molecule has 1 heterocycles. The number of hydrogen-bond acceptors (Lipinski definition) is 2. The number of benzene rings is 6. The van der Waals surface area contributed by atoms with Gasteiger partial charge in [0.05, 0.1) is 5.39 Å². The fourth-order valence-electron chi connectivity index (χ4n) is 5.34. The average Bonchev–Trinajstić information content (AvgIpc) is 3.39. The number of fused-ring (bicyclic) bond motifs is 3. The van der Waals surface area contributed by atoms with E-state index in [1.54, 1.807) is 0 Å². The summed E-state index contributed by atoms with van der Waals surface area (Å²) in [5, 5.41) is 13.5. The van der Waals surface area contributed by atoms with Gasteiger partial charge in [-0.15, -0.1) is 0 Å². The van der Waals surface area contributed by atoms with Crippen LogP contribution < -0.4 is 0 Å². The zero-order valence-electron chi connectivity index (χ0n) is 20.6. The molecule has 0 radical (unpaired) electrons. The van der Waals surface area contributed by atoms with Gasteiger partial charge in [-0.2, -0.15) is 0 Å². The SMILES string of the molecule is Oc1c(-c2ccccc2)cc(-c2ccccc2)c2oc3c(-c4ccccc4)cc(-c4ccccc4)cc3c12. The fraction of sp³-hybridized carbons (Fsp3) is 0. The molecule has 0 aliphatic heterocycles. The first-order valence-electron chi connectivity index (χ1n) is 12.8. The first-order valence-corrected chi connectivity index (χ1v) is 12.8. The molecule has 0 atom stereocenters. The molecule has 0 bridgehead atoms. The Kier molecular flexibility index (Phi) is 5.30. The predicted molar refractivity (Wildman–Crippen MR) is 157 cm³/mol. The van der Waals surface area contributed by atoms with E-state index < -0.39 is 0 Å². The molecule has 180 valence electrons. The van der Waals surface area contributed by atoms with Crippen LogP contribution in [0.1, 0.15) is 0 Å². The van der Waals surface area contributed by atoms with E-state index in [9.17, 15) is 5.11 Å². The van der Waals surface area contributed by atoms with Crippen molar-refractivity contribution < 1.29 is 9.52 Å². The summed E-state index contributed by atoms with van der Waals surface area (Å²) in [4.78, 5) is 0. The minimum atomic E-state index is 0.230. The van der Waals surface area contributed by atoms with Crippen molar-refractivity contribution in [3.8, 4) is 50.3 Å². The third kappa shape index (κ3) is 3.66. The molecule has 1 N–H and O–H groups in total. The summed E-state index contributed by atoms with van der Waals surface area (Å²) >= 11 is 0. The Bertz CT molecular complexity index is 1890. The van der Waals surface area contributed by atoms with Gasteiger partial charge in [0.1, 0.15) is 16.9 Å². The van der Waals surface area contributed by atoms with Crippen molar-refractivity contribution in [1.82, 2.24) is 0 Å². The van der Waals surface area contributed by atoms with Crippen LogP contribution in [0.15, 0.2) is 144 Å². The molecule has 38 heavy (non-hydrogen) atoms. The van der Waals surface area contributed by atoms with E-state index in [-0.39, 0.29) is 5.75 Å². The lowest BCUT2D eigenvalue weighted by Crippen LogP contribution is -1.86. The van der Waals surface area contributed by atoms with Crippen molar-refractivity contribution in [1.29, 1.82) is 0 Å². The molecule has 0 spiro atoms. The van der Waals surface area contributed by atoms with Crippen LogP contribution >= 0.6 is 0 Å². The summed E-state index contributed by atoms with van der Waals surface area (Å²) in [6.07, 6.45) is 0. The Labute approximate surface area is 221 Å². The summed E-state index contributed by atoms with van der Waals surface area (Å²) in [6.45, 7) is 0. The van der Waals surface area contributed by atoms with Crippen LogP contribution in [0.3, 0.4) is 0 Å². The van der Waals surface area contributed by atoms with E-state index in [2.05, 4.69) is 48.5 Å². The van der Waals surface area contributed by atoms with Gasteiger partial charge in [0.15, 0.2) is 0 Å². The number of rotatable bonds is 4. The first-order chi connectivity index (χ1) is 18.8. The van der Waals surface area contributed by atoms with Gasteiger partial charge in [0.25, 0.3) is 0 Å². The molecule has 0 saturated heterocycles. The molecule has 7 aromatic rings.